The summed E-state index contributed by atoms with van der Waals surface area (Å²) in [5.74, 6) is 0.969. The molecule has 1 aromatic carbocycles. The van der Waals surface area contributed by atoms with Crippen LogP contribution in [0.25, 0.3) is 0 Å². The van der Waals surface area contributed by atoms with Crippen LogP contribution < -0.4 is 16.0 Å². The van der Waals surface area contributed by atoms with Crippen LogP contribution in [0.3, 0.4) is 0 Å². The van der Waals surface area contributed by atoms with Crippen molar-refractivity contribution in [2.24, 2.45) is 10.9 Å². The number of guanidine groups is 1. The molecule has 1 saturated carbocycles. The van der Waals surface area contributed by atoms with E-state index in [0.717, 1.165) is 37.2 Å². The third-order valence-electron chi connectivity index (χ3n) is 4.58. The van der Waals surface area contributed by atoms with Gasteiger partial charge in [0.15, 0.2) is 5.96 Å². The predicted octanol–water partition coefficient (Wildman–Crippen LogP) is 2.31. The van der Waals surface area contributed by atoms with Crippen molar-refractivity contribution in [2.45, 2.75) is 58.2 Å². The Hall–Kier alpha value is -2.55. The lowest BCUT2D eigenvalue weighted by Crippen LogP contribution is -2.47. The molecule has 6 nitrogen and oxygen atoms in total. The van der Waals surface area contributed by atoms with Crippen LogP contribution in [0.2, 0.25) is 0 Å². The van der Waals surface area contributed by atoms with Crippen molar-refractivity contribution >= 4 is 11.9 Å². The average Bonchev–Trinajstić information content (AvgIpc) is 2.65. The molecule has 1 aliphatic rings. The Balaban J connectivity index is 1.84. The molecule has 2 atom stereocenters. The van der Waals surface area contributed by atoms with Crippen LogP contribution in [-0.2, 0) is 11.3 Å². The molecular weight excluding hydrogens is 326 g/mol. The highest BCUT2D eigenvalue weighted by molar-refractivity contribution is 5.81. The minimum Gasteiger partial charge on any atom is -0.354 e. The first-order valence-electron chi connectivity index (χ1n) is 9.28. The second kappa shape index (κ2) is 9.81. The molecular formula is C20H29N5O. The van der Waals surface area contributed by atoms with Gasteiger partial charge in [0.1, 0.15) is 0 Å². The van der Waals surface area contributed by atoms with Crippen LogP contribution in [0.5, 0.6) is 0 Å². The van der Waals surface area contributed by atoms with Gasteiger partial charge in [-0.05, 0) is 50.8 Å². The van der Waals surface area contributed by atoms with Crippen molar-refractivity contribution in [2.75, 3.05) is 7.05 Å². The number of hydrogen-bond donors (Lipinski definition) is 3. The number of rotatable bonds is 5. The van der Waals surface area contributed by atoms with Gasteiger partial charge in [-0.1, -0.05) is 18.6 Å². The molecule has 26 heavy (non-hydrogen) atoms. The van der Waals surface area contributed by atoms with E-state index in [9.17, 15) is 4.79 Å². The number of benzene rings is 1. The highest BCUT2D eigenvalue weighted by Gasteiger charge is 2.27. The first-order chi connectivity index (χ1) is 12.5. The van der Waals surface area contributed by atoms with Gasteiger partial charge in [-0.15, -0.1) is 0 Å². The lowest BCUT2D eigenvalue weighted by Gasteiger charge is -2.30. The Morgan fingerprint density at radius 2 is 2.04 bits per heavy atom. The molecule has 3 N–H and O–H groups in total. The van der Waals surface area contributed by atoms with Gasteiger partial charge in [0.25, 0.3) is 0 Å². The van der Waals surface area contributed by atoms with E-state index in [0.29, 0.717) is 12.1 Å². The molecule has 1 aromatic rings. The van der Waals surface area contributed by atoms with Crippen LogP contribution in [0.4, 0.5) is 0 Å². The van der Waals surface area contributed by atoms with Gasteiger partial charge in [-0.2, -0.15) is 5.26 Å². The molecule has 140 valence electrons. The van der Waals surface area contributed by atoms with Gasteiger partial charge < -0.3 is 16.0 Å². The third kappa shape index (κ3) is 6.07. The lowest BCUT2D eigenvalue weighted by atomic mass is 9.85. The summed E-state index contributed by atoms with van der Waals surface area (Å²) in [5.41, 5.74) is 1.74. The molecule has 0 radical (unpaired) electrons. The molecule has 0 bridgehead atoms. The quantitative estimate of drug-likeness (QED) is 0.558. The zero-order valence-electron chi connectivity index (χ0n) is 15.9. The van der Waals surface area contributed by atoms with Crippen LogP contribution in [0.15, 0.2) is 29.3 Å². The van der Waals surface area contributed by atoms with E-state index in [1.807, 2.05) is 38.1 Å². The summed E-state index contributed by atoms with van der Waals surface area (Å²) in [6, 6.07) is 10.0. The number of hydrogen-bond acceptors (Lipinski definition) is 3. The molecule has 0 saturated heterocycles. The van der Waals surface area contributed by atoms with Gasteiger partial charge in [-0.3, -0.25) is 9.79 Å². The van der Waals surface area contributed by atoms with E-state index in [2.05, 4.69) is 27.0 Å². The van der Waals surface area contributed by atoms with Gasteiger partial charge in [-0.25, -0.2) is 0 Å². The van der Waals surface area contributed by atoms with Crippen molar-refractivity contribution in [3.63, 3.8) is 0 Å². The Labute approximate surface area is 156 Å². The summed E-state index contributed by atoms with van der Waals surface area (Å²) in [5, 5.41) is 18.6. The van der Waals surface area contributed by atoms with E-state index in [4.69, 9.17) is 5.26 Å². The fourth-order valence-electron chi connectivity index (χ4n) is 3.23. The lowest BCUT2D eigenvalue weighted by molar-refractivity contribution is -0.126. The van der Waals surface area contributed by atoms with E-state index in [1.165, 1.54) is 0 Å². The number of aliphatic imine (C=N–C) groups is 1. The summed E-state index contributed by atoms with van der Waals surface area (Å²) < 4.78 is 0. The summed E-state index contributed by atoms with van der Waals surface area (Å²) in [7, 11) is 1.75. The Morgan fingerprint density at radius 3 is 2.65 bits per heavy atom. The monoisotopic (exact) mass is 355 g/mol. The molecule has 1 fully saturated rings. The first-order valence-corrected chi connectivity index (χ1v) is 9.28. The molecule has 6 heteroatoms. The van der Waals surface area contributed by atoms with E-state index < -0.39 is 0 Å². The van der Waals surface area contributed by atoms with Crippen LogP contribution in [0.1, 0.15) is 50.7 Å². The van der Waals surface area contributed by atoms with Crippen LogP contribution in [-0.4, -0.2) is 31.0 Å². The van der Waals surface area contributed by atoms with Gasteiger partial charge in [0, 0.05) is 31.6 Å². The van der Waals surface area contributed by atoms with Crippen molar-refractivity contribution in [1.82, 2.24) is 16.0 Å². The molecule has 0 spiro atoms. The minimum atomic E-state index is 0.0697. The smallest absolute Gasteiger partial charge is 0.223 e. The van der Waals surface area contributed by atoms with Crippen molar-refractivity contribution in [3.8, 4) is 6.07 Å². The first kappa shape index (κ1) is 19.8. The molecule has 0 aromatic heterocycles. The molecule has 2 rings (SSSR count). The number of nitrogens with one attached hydrogen (secondary N) is 3. The molecule has 1 aliphatic carbocycles. The minimum absolute atomic E-state index is 0.0697. The fraction of sp³-hybridized carbons (Fsp3) is 0.550. The van der Waals surface area contributed by atoms with Gasteiger partial charge >= 0.3 is 0 Å². The number of amides is 1. The van der Waals surface area contributed by atoms with Crippen molar-refractivity contribution in [3.05, 3.63) is 35.4 Å². The maximum Gasteiger partial charge on any atom is 0.223 e. The summed E-state index contributed by atoms with van der Waals surface area (Å²) in [4.78, 5) is 16.6. The largest absolute Gasteiger partial charge is 0.354 e. The normalized spacial score (nSPS) is 20.3. The van der Waals surface area contributed by atoms with Crippen molar-refractivity contribution in [1.29, 1.82) is 5.26 Å². The van der Waals surface area contributed by atoms with Gasteiger partial charge in [0.2, 0.25) is 5.91 Å². The summed E-state index contributed by atoms with van der Waals surface area (Å²) >= 11 is 0. The number of carbonyl (C=O) groups excluding carboxylic acids is 1. The SMILES string of the molecule is CN=C(NCc1ccc(C#N)cc1)NC1CCCC(C(=O)NC(C)C)C1. The highest BCUT2D eigenvalue weighted by atomic mass is 16.1. The number of nitrogens with zero attached hydrogens (tertiary/aromatic N) is 2. The third-order valence-corrected chi connectivity index (χ3v) is 4.58. The van der Waals surface area contributed by atoms with E-state index >= 15 is 0 Å². The molecule has 0 aliphatic heterocycles. The fourth-order valence-corrected chi connectivity index (χ4v) is 3.23. The number of nitriles is 1. The molecule has 0 heterocycles. The van der Waals surface area contributed by atoms with Crippen molar-refractivity contribution < 1.29 is 4.79 Å². The molecule has 1 amide bonds. The Kier molecular flexibility index (Phi) is 7.46. The maximum absolute atomic E-state index is 12.3. The Bertz CT molecular complexity index is 660. The van der Waals surface area contributed by atoms with Gasteiger partial charge in [0.05, 0.1) is 11.6 Å². The Morgan fingerprint density at radius 1 is 1.31 bits per heavy atom. The average molecular weight is 355 g/mol. The summed E-state index contributed by atoms with van der Waals surface area (Å²) in [6.07, 6.45) is 3.87. The van der Waals surface area contributed by atoms with E-state index in [-0.39, 0.29) is 23.9 Å². The zero-order chi connectivity index (χ0) is 18.9. The van der Waals surface area contributed by atoms with Crippen LogP contribution in [0, 0.1) is 17.2 Å². The topological polar surface area (TPSA) is 89.3 Å². The predicted molar refractivity (Wildman–Crippen MR) is 104 cm³/mol. The van der Waals surface area contributed by atoms with Crippen LogP contribution >= 0.6 is 0 Å². The van der Waals surface area contributed by atoms with E-state index in [1.54, 1.807) is 7.05 Å². The number of carbonyl (C=O) groups is 1. The highest BCUT2D eigenvalue weighted by Crippen LogP contribution is 2.24. The maximum atomic E-state index is 12.3. The second-order valence-electron chi connectivity index (χ2n) is 7.10. The second-order valence-corrected chi connectivity index (χ2v) is 7.10. The zero-order valence-corrected chi connectivity index (χ0v) is 15.9. The summed E-state index contributed by atoms with van der Waals surface area (Å²) in [6.45, 7) is 4.62. The standard InChI is InChI=1S/C20H29N5O/c1-14(2)24-19(26)17-5-4-6-18(11-17)25-20(22-3)23-13-16-9-7-15(12-21)8-10-16/h7-10,14,17-18H,4-6,11,13H2,1-3H3,(H,24,26)(H2,22,23,25). The molecule has 2 unspecified atom stereocenters.